The van der Waals surface area contributed by atoms with Crippen LogP contribution >= 0.6 is 0 Å². The van der Waals surface area contributed by atoms with Gasteiger partial charge >= 0.3 is 11.8 Å². The Kier molecular flexibility index (Phi) is 5.41. The van der Waals surface area contributed by atoms with Gasteiger partial charge in [0.1, 0.15) is 5.69 Å². The average Bonchev–Trinajstić information content (AvgIpc) is 3.05. The number of unbranched alkanes of at least 4 members (excludes halogenated alkanes) is 1. The van der Waals surface area contributed by atoms with Gasteiger partial charge in [-0.05, 0) is 37.0 Å². The monoisotopic (exact) mass is 337 g/mol. The Hall–Kier alpha value is -3.15. The van der Waals surface area contributed by atoms with E-state index >= 15 is 0 Å². The van der Waals surface area contributed by atoms with Crippen molar-refractivity contribution >= 4 is 6.03 Å². The SMILES string of the molecule is O=C(NCCCCc1ccccc1)n1cc(-c2ccccn2)oc1=O. The van der Waals surface area contributed by atoms with Crippen molar-refractivity contribution in [3.63, 3.8) is 0 Å². The van der Waals surface area contributed by atoms with Crippen LogP contribution < -0.4 is 11.1 Å². The molecule has 25 heavy (non-hydrogen) atoms. The van der Waals surface area contributed by atoms with Crippen LogP contribution in [0.25, 0.3) is 11.5 Å². The van der Waals surface area contributed by atoms with Crippen molar-refractivity contribution in [2.75, 3.05) is 6.54 Å². The third-order valence-electron chi connectivity index (χ3n) is 3.79. The van der Waals surface area contributed by atoms with Crippen molar-refractivity contribution in [3.05, 3.63) is 77.0 Å². The predicted molar refractivity (Wildman–Crippen MR) is 94.4 cm³/mol. The number of nitrogens with zero attached hydrogens (tertiary/aromatic N) is 2. The number of aryl methyl sites for hydroxylation is 1. The fourth-order valence-electron chi connectivity index (χ4n) is 2.49. The number of rotatable bonds is 6. The van der Waals surface area contributed by atoms with Gasteiger partial charge in [-0.25, -0.2) is 9.59 Å². The lowest BCUT2D eigenvalue weighted by molar-refractivity contribution is 0.240. The van der Waals surface area contributed by atoms with Crippen LogP contribution in [0.4, 0.5) is 4.79 Å². The molecule has 128 valence electrons. The number of aromatic nitrogens is 2. The first-order chi connectivity index (χ1) is 12.2. The number of nitrogens with one attached hydrogen (secondary N) is 1. The van der Waals surface area contributed by atoms with E-state index in [4.69, 9.17) is 4.42 Å². The molecule has 2 aromatic heterocycles. The first kappa shape index (κ1) is 16.7. The molecule has 1 N–H and O–H groups in total. The second-order valence-corrected chi connectivity index (χ2v) is 5.62. The molecule has 0 unspecified atom stereocenters. The molecule has 0 aliphatic heterocycles. The number of pyridine rings is 1. The summed E-state index contributed by atoms with van der Waals surface area (Å²) in [5.74, 6) is -0.452. The van der Waals surface area contributed by atoms with E-state index in [1.807, 2.05) is 18.2 Å². The molecule has 6 heteroatoms. The van der Waals surface area contributed by atoms with E-state index in [9.17, 15) is 9.59 Å². The van der Waals surface area contributed by atoms with Gasteiger partial charge in [0, 0.05) is 12.7 Å². The quantitative estimate of drug-likeness (QED) is 0.701. The lowest BCUT2D eigenvalue weighted by Crippen LogP contribution is -2.34. The molecule has 0 aliphatic rings. The van der Waals surface area contributed by atoms with Crippen LogP contribution in [-0.4, -0.2) is 22.1 Å². The highest BCUT2D eigenvalue weighted by atomic mass is 16.4. The minimum Gasteiger partial charge on any atom is -0.406 e. The molecule has 0 bridgehead atoms. The minimum absolute atomic E-state index is 0.268. The highest BCUT2D eigenvalue weighted by Crippen LogP contribution is 2.13. The molecule has 3 rings (SSSR count). The van der Waals surface area contributed by atoms with E-state index in [0.717, 1.165) is 23.8 Å². The Morgan fingerprint density at radius 2 is 1.88 bits per heavy atom. The Labute approximate surface area is 145 Å². The highest BCUT2D eigenvalue weighted by molar-refractivity contribution is 5.77. The number of amides is 1. The summed E-state index contributed by atoms with van der Waals surface area (Å²) in [7, 11) is 0. The van der Waals surface area contributed by atoms with Crippen LogP contribution in [0.1, 0.15) is 18.4 Å². The first-order valence-electron chi connectivity index (χ1n) is 8.20. The summed E-state index contributed by atoms with van der Waals surface area (Å²) in [6.45, 7) is 0.502. The van der Waals surface area contributed by atoms with Gasteiger partial charge in [0.2, 0.25) is 0 Å². The van der Waals surface area contributed by atoms with Crippen molar-refractivity contribution in [2.45, 2.75) is 19.3 Å². The number of carbonyl (C=O) groups excluding carboxylic acids is 1. The Morgan fingerprint density at radius 3 is 2.64 bits per heavy atom. The number of benzene rings is 1. The van der Waals surface area contributed by atoms with Crippen molar-refractivity contribution < 1.29 is 9.21 Å². The zero-order valence-electron chi connectivity index (χ0n) is 13.7. The van der Waals surface area contributed by atoms with E-state index in [1.54, 1.807) is 24.4 Å². The summed E-state index contributed by atoms with van der Waals surface area (Å²) in [5, 5.41) is 2.73. The summed E-state index contributed by atoms with van der Waals surface area (Å²) >= 11 is 0. The molecule has 3 aromatic rings. The standard InChI is InChI=1S/C19H19N3O3/c23-18(21-13-6-4-10-15-8-2-1-3-9-15)22-14-17(25-19(22)24)16-11-5-7-12-20-16/h1-3,5,7-9,11-12,14H,4,6,10,13H2,(H,21,23). The van der Waals surface area contributed by atoms with Crippen LogP contribution in [0, 0.1) is 0 Å². The molecule has 0 saturated carbocycles. The van der Waals surface area contributed by atoms with Crippen LogP contribution in [0.15, 0.2) is 70.1 Å². The topological polar surface area (TPSA) is 77.1 Å². The van der Waals surface area contributed by atoms with Gasteiger partial charge in [0.05, 0.1) is 6.20 Å². The molecule has 0 atom stereocenters. The fourth-order valence-corrected chi connectivity index (χ4v) is 2.49. The van der Waals surface area contributed by atoms with Crippen molar-refractivity contribution in [1.82, 2.24) is 14.9 Å². The Balaban J connectivity index is 1.50. The van der Waals surface area contributed by atoms with Gasteiger partial charge in [0.25, 0.3) is 0 Å². The first-order valence-corrected chi connectivity index (χ1v) is 8.20. The molecule has 1 amide bonds. The predicted octanol–water partition coefficient (Wildman–Crippen LogP) is 3.08. The Bertz CT molecular complexity index is 870. The number of oxazole rings is 1. The van der Waals surface area contributed by atoms with E-state index in [0.29, 0.717) is 12.2 Å². The summed E-state index contributed by atoms with van der Waals surface area (Å²) in [6.07, 6.45) is 5.72. The zero-order chi connectivity index (χ0) is 17.5. The average molecular weight is 337 g/mol. The minimum atomic E-state index is -0.720. The van der Waals surface area contributed by atoms with Gasteiger partial charge in [-0.3, -0.25) is 4.98 Å². The molecular weight excluding hydrogens is 318 g/mol. The zero-order valence-corrected chi connectivity index (χ0v) is 13.7. The summed E-state index contributed by atoms with van der Waals surface area (Å²) in [4.78, 5) is 28.1. The van der Waals surface area contributed by atoms with Crippen molar-refractivity contribution in [1.29, 1.82) is 0 Å². The number of hydrogen-bond donors (Lipinski definition) is 1. The smallest absolute Gasteiger partial charge is 0.406 e. The lowest BCUT2D eigenvalue weighted by atomic mass is 10.1. The van der Waals surface area contributed by atoms with Gasteiger partial charge in [0.15, 0.2) is 5.76 Å². The van der Waals surface area contributed by atoms with Crippen LogP contribution in [0.5, 0.6) is 0 Å². The third-order valence-corrected chi connectivity index (χ3v) is 3.79. The Morgan fingerprint density at radius 1 is 1.08 bits per heavy atom. The fraction of sp³-hybridized carbons (Fsp3) is 0.211. The summed E-state index contributed by atoms with van der Waals surface area (Å²) < 4.78 is 6.02. The van der Waals surface area contributed by atoms with Gasteiger partial charge < -0.3 is 9.73 Å². The number of hydrogen-bond acceptors (Lipinski definition) is 4. The van der Waals surface area contributed by atoms with E-state index < -0.39 is 11.8 Å². The van der Waals surface area contributed by atoms with Crippen LogP contribution in [0.2, 0.25) is 0 Å². The molecule has 6 nitrogen and oxygen atoms in total. The van der Waals surface area contributed by atoms with Crippen LogP contribution in [0.3, 0.4) is 0 Å². The van der Waals surface area contributed by atoms with Gasteiger partial charge in [-0.1, -0.05) is 36.4 Å². The van der Waals surface area contributed by atoms with E-state index in [-0.39, 0.29) is 5.76 Å². The molecule has 0 saturated heterocycles. The molecule has 0 radical (unpaired) electrons. The molecule has 0 spiro atoms. The van der Waals surface area contributed by atoms with Gasteiger partial charge in [-0.15, -0.1) is 0 Å². The second-order valence-electron chi connectivity index (χ2n) is 5.62. The maximum atomic E-state index is 12.1. The maximum absolute atomic E-state index is 12.1. The number of carbonyl (C=O) groups is 1. The van der Waals surface area contributed by atoms with Gasteiger partial charge in [-0.2, -0.15) is 4.57 Å². The molecular formula is C19H19N3O3. The summed E-state index contributed by atoms with van der Waals surface area (Å²) in [5.41, 5.74) is 1.79. The maximum Gasteiger partial charge on any atom is 0.427 e. The molecule has 1 aromatic carbocycles. The lowest BCUT2D eigenvalue weighted by Gasteiger charge is -2.04. The molecule has 0 fully saturated rings. The van der Waals surface area contributed by atoms with Crippen molar-refractivity contribution in [3.8, 4) is 11.5 Å². The van der Waals surface area contributed by atoms with E-state index in [2.05, 4.69) is 22.4 Å². The highest BCUT2D eigenvalue weighted by Gasteiger charge is 2.14. The third kappa shape index (κ3) is 4.44. The van der Waals surface area contributed by atoms with E-state index in [1.165, 1.54) is 11.8 Å². The molecule has 2 heterocycles. The summed E-state index contributed by atoms with van der Waals surface area (Å²) in [6, 6.07) is 15.0. The second kappa shape index (κ2) is 8.10. The van der Waals surface area contributed by atoms with Crippen LogP contribution in [-0.2, 0) is 6.42 Å². The molecule has 0 aliphatic carbocycles. The normalized spacial score (nSPS) is 10.6. The largest absolute Gasteiger partial charge is 0.427 e. The van der Waals surface area contributed by atoms with Crippen molar-refractivity contribution in [2.24, 2.45) is 0 Å².